The predicted molar refractivity (Wildman–Crippen MR) is 192 cm³/mol. The maximum Gasteiger partial charge on any atom is 0.157 e. The van der Waals surface area contributed by atoms with Crippen molar-refractivity contribution in [2.24, 2.45) is 33.7 Å². The number of fused-ring (bicyclic) bond motifs is 7. The van der Waals surface area contributed by atoms with Crippen LogP contribution in [0.2, 0.25) is 0 Å². The van der Waals surface area contributed by atoms with Crippen LogP contribution in [-0.4, -0.2) is 30.9 Å². The van der Waals surface area contributed by atoms with Crippen molar-refractivity contribution in [3.05, 3.63) is 17.7 Å². The molecule has 1 aliphatic heterocycles. The van der Waals surface area contributed by atoms with Crippen LogP contribution in [0.5, 0.6) is 5.75 Å². The summed E-state index contributed by atoms with van der Waals surface area (Å²) in [4.78, 5) is 16.5. The lowest BCUT2D eigenvalue weighted by Crippen LogP contribution is -2.27. The number of thiocarbonyl (C=S) groups is 4. The van der Waals surface area contributed by atoms with Crippen LogP contribution in [-0.2, 0) is 5.60 Å². The summed E-state index contributed by atoms with van der Waals surface area (Å²) in [5.74, 6) is 2.60. The molecule has 8 rings (SSSR count). The van der Waals surface area contributed by atoms with Gasteiger partial charge in [-0.1, -0.05) is 74.6 Å². The zero-order valence-corrected chi connectivity index (χ0v) is 28.5. The van der Waals surface area contributed by atoms with Crippen LogP contribution in [0.25, 0.3) is 19.2 Å². The van der Waals surface area contributed by atoms with E-state index in [0.717, 1.165) is 77.0 Å². The van der Waals surface area contributed by atoms with Gasteiger partial charge in [0.05, 0.1) is 30.6 Å². The zero-order valence-electron chi connectivity index (χ0n) is 22.8. The fourth-order valence-electron chi connectivity index (χ4n) is 7.41. The molecule has 0 aromatic carbocycles. The number of hydrogen-bond donors (Lipinski definition) is 0. The molecular weight excluding hydrogens is 641 g/mol. The Kier molecular flexibility index (Phi) is 6.65. The topological polar surface area (TPSA) is 34.0 Å². The molecule has 0 spiro atoms. The third-order valence-corrected chi connectivity index (χ3v) is 14.9. The summed E-state index contributed by atoms with van der Waals surface area (Å²) in [6, 6.07) is 4.38. The van der Waals surface area contributed by atoms with E-state index in [-0.39, 0.29) is 0 Å². The summed E-state index contributed by atoms with van der Waals surface area (Å²) in [7, 11) is 0. The highest BCUT2D eigenvalue weighted by Crippen LogP contribution is 2.59. The minimum atomic E-state index is -0.476. The highest BCUT2D eigenvalue weighted by molar-refractivity contribution is 7.86. The molecule has 0 bridgehead atoms. The minimum absolute atomic E-state index is 0.407. The van der Waals surface area contributed by atoms with Crippen molar-refractivity contribution in [3.8, 4) is 15.5 Å². The summed E-state index contributed by atoms with van der Waals surface area (Å²) in [5, 5.41) is 1.93. The molecule has 10 heteroatoms. The van der Waals surface area contributed by atoms with Crippen molar-refractivity contribution in [2.45, 2.75) is 70.8 Å². The normalized spacial score (nSPS) is 28.4. The molecule has 4 unspecified atom stereocenters. The van der Waals surface area contributed by atoms with Crippen molar-refractivity contribution < 1.29 is 4.74 Å². The largest absolute Gasteiger partial charge is 0.480 e. The third-order valence-electron chi connectivity index (χ3n) is 9.50. The lowest BCUT2D eigenvalue weighted by molar-refractivity contribution is 0.109. The van der Waals surface area contributed by atoms with Gasteiger partial charge in [-0.3, -0.25) is 0 Å². The second-order valence-electron chi connectivity index (χ2n) is 12.4. The Labute approximate surface area is 273 Å². The molecule has 4 saturated carbocycles. The van der Waals surface area contributed by atoms with Crippen LogP contribution < -0.4 is 4.74 Å². The lowest BCUT2D eigenvalue weighted by atomic mass is 9.82. The molecule has 4 heterocycles. The smallest absolute Gasteiger partial charge is 0.157 e. The number of ether oxygens (including phenoxy) is 1. The summed E-state index contributed by atoms with van der Waals surface area (Å²) in [6.45, 7) is 4.29. The summed E-state index contributed by atoms with van der Waals surface area (Å²) in [5.41, 5.74) is 2.49. The van der Waals surface area contributed by atoms with E-state index < -0.39 is 5.60 Å². The lowest BCUT2D eigenvalue weighted by Gasteiger charge is -2.31. The molecule has 0 amide bonds. The van der Waals surface area contributed by atoms with E-state index in [0.29, 0.717) is 23.7 Å². The molecule has 3 nitrogen and oxygen atoms in total. The van der Waals surface area contributed by atoms with E-state index in [1.807, 2.05) is 0 Å². The van der Waals surface area contributed by atoms with Gasteiger partial charge in [0.2, 0.25) is 0 Å². The van der Waals surface area contributed by atoms with E-state index in [1.54, 1.807) is 34.0 Å². The first-order valence-corrected chi connectivity index (χ1v) is 18.5. The molecule has 0 radical (unpaired) electrons. The van der Waals surface area contributed by atoms with Gasteiger partial charge in [0.25, 0.3) is 0 Å². The maximum atomic E-state index is 6.73. The van der Waals surface area contributed by atoms with Gasteiger partial charge in [0, 0.05) is 48.7 Å². The average Bonchev–Trinajstić information content (AvgIpc) is 3.74. The maximum absolute atomic E-state index is 6.73. The molecule has 0 N–H and O–H groups in total. The molecule has 5 aliphatic rings. The first kappa shape index (κ1) is 27.4. The summed E-state index contributed by atoms with van der Waals surface area (Å²) in [6.07, 6.45) is 9.54. The Balaban J connectivity index is 1.16. The van der Waals surface area contributed by atoms with Crippen LogP contribution in [0.4, 0.5) is 10.0 Å². The fourth-order valence-corrected chi connectivity index (χ4v) is 13.0. The summed E-state index contributed by atoms with van der Waals surface area (Å²) >= 11 is 28.8. The van der Waals surface area contributed by atoms with Gasteiger partial charge in [-0.25, -0.2) is 9.98 Å². The van der Waals surface area contributed by atoms with Gasteiger partial charge < -0.3 is 4.74 Å². The second-order valence-corrected chi connectivity index (χ2v) is 17.2. The molecular formula is C31H28N2OS7. The Morgan fingerprint density at radius 3 is 1.68 bits per heavy atom. The summed E-state index contributed by atoms with van der Waals surface area (Å²) < 4.78 is 9.08. The highest BCUT2D eigenvalue weighted by Gasteiger charge is 2.44. The third kappa shape index (κ3) is 4.22. The highest BCUT2D eigenvalue weighted by atomic mass is 32.1. The molecule has 4 fully saturated rings. The van der Waals surface area contributed by atoms with Crippen molar-refractivity contribution in [3.63, 3.8) is 0 Å². The standard InChI is InChI=1S/C31H28N2OS7/c1-31(2)17-11-19(32-21-24(35)13-7-3-4-8-14(13)25(21)36)40-28(17)30-23(34-31)29-18(39-30)12-20(41-29)33-22-26(37)15-9-5-6-10-16(15)27(22)38/h11-16H,3-10H2,1-2H3. The van der Waals surface area contributed by atoms with E-state index in [4.69, 9.17) is 63.6 Å². The first-order chi connectivity index (χ1) is 19.7. The van der Waals surface area contributed by atoms with Crippen LogP contribution in [0.15, 0.2) is 22.1 Å². The van der Waals surface area contributed by atoms with Gasteiger partial charge in [0.1, 0.15) is 15.6 Å². The number of aliphatic imine (C=N–C) groups is 2. The number of nitrogens with zero attached hydrogens (tertiary/aromatic N) is 2. The van der Waals surface area contributed by atoms with Gasteiger partial charge in [-0.05, 0) is 51.7 Å². The fraction of sp³-hybridized carbons (Fsp3) is 0.484. The van der Waals surface area contributed by atoms with Crippen LogP contribution in [0.1, 0.15) is 70.8 Å². The number of rotatable bonds is 2. The number of thiophene rings is 3. The van der Waals surface area contributed by atoms with Gasteiger partial charge in [-0.2, -0.15) is 0 Å². The molecule has 4 aliphatic carbocycles. The van der Waals surface area contributed by atoms with Crippen molar-refractivity contribution >= 4 is 133 Å². The minimum Gasteiger partial charge on any atom is -0.480 e. The molecule has 0 saturated heterocycles. The Bertz CT molecular complexity index is 1710. The van der Waals surface area contributed by atoms with Gasteiger partial charge >= 0.3 is 0 Å². The van der Waals surface area contributed by atoms with Crippen molar-refractivity contribution in [1.82, 2.24) is 0 Å². The van der Waals surface area contributed by atoms with Crippen molar-refractivity contribution in [2.75, 3.05) is 0 Å². The van der Waals surface area contributed by atoms with Crippen LogP contribution >= 0.6 is 82.9 Å². The molecule has 3 aromatic rings. The average molecular weight is 669 g/mol. The predicted octanol–water partition coefficient (Wildman–Crippen LogP) is 10.6. The Morgan fingerprint density at radius 1 is 0.683 bits per heavy atom. The van der Waals surface area contributed by atoms with E-state index in [9.17, 15) is 0 Å². The van der Waals surface area contributed by atoms with E-state index >= 15 is 0 Å². The molecule has 4 atom stereocenters. The Hall–Kier alpha value is -1.14. The van der Waals surface area contributed by atoms with Crippen molar-refractivity contribution in [1.29, 1.82) is 0 Å². The van der Waals surface area contributed by atoms with E-state index in [1.165, 1.54) is 45.7 Å². The molecule has 41 heavy (non-hydrogen) atoms. The first-order valence-electron chi connectivity index (χ1n) is 14.5. The number of hydrogen-bond acceptors (Lipinski definition) is 10. The van der Waals surface area contributed by atoms with Gasteiger partial charge in [0.15, 0.2) is 5.75 Å². The van der Waals surface area contributed by atoms with Crippen LogP contribution in [0.3, 0.4) is 0 Å². The Morgan fingerprint density at radius 2 is 1.17 bits per heavy atom. The quantitative estimate of drug-likeness (QED) is 0.254. The SMILES string of the molecule is CC1(C)Oc2c(sc3cc(N=C4C(=S)C5CCCCC5C4=S)sc23)-c2sc(N=C3C(=S)C4CCCCC4C3=S)cc21. The molecule has 3 aromatic heterocycles. The van der Waals surface area contributed by atoms with Crippen LogP contribution in [0, 0.1) is 23.7 Å². The second kappa shape index (κ2) is 9.94. The van der Waals surface area contributed by atoms with E-state index in [2.05, 4.69) is 26.0 Å². The monoisotopic (exact) mass is 668 g/mol. The molecule has 210 valence electrons. The zero-order chi connectivity index (χ0) is 28.2. The van der Waals surface area contributed by atoms with Gasteiger partial charge in [-0.15, -0.1) is 34.0 Å².